The first-order chi connectivity index (χ1) is 40.8. The van der Waals surface area contributed by atoms with Crippen molar-refractivity contribution in [3.05, 3.63) is 0 Å². The molecule has 38 nitrogen and oxygen atoms in total. The zero-order valence-electron chi connectivity index (χ0n) is 46.3. The Morgan fingerprint density at radius 1 is 0.233 bits per heavy atom. The average molecular weight is 1270 g/mol. The molecule has 0 saturated carbocycles. The molecule has 35 atom stereocenters. The molecular formula is C48H86O38. The number of aliphatic hydroxyl groups excluding tert-OH is 23. The second-order valence-electron chi connectivity index (χ2n) is 21.3. The van der Waals surface area contributed by atoms with Crippen LogP contribution in [-0.2, 0) is 66.3 Å². The van der Waals surface area contributed by atoms with E-state index in [0.717, 1.165) is 6.42 Å². The molecule has 21 aliphatic rings. The summed E-state index contributed by atoms with van der Waals surface area (Å²) in [5.41, 5.74) is 0. The molecular weight excluding hydrogens is 1180 g/mol. The smallest absolute Gasteiger partial charge is 0.187 e. The highest BCUT2D eigenvalue weighted by Gasteiger charge is 2.59. The van der Waals surface area contributed by atoms with Crippen molar-refractivity contribution < 1.29 is 189 Å². The van der Waals surface area contributed by atoms with E-state index in [2.05, 4.69) is 0 Å². The predicted molar refractivity (Wildman–Crippen MR) is 264 cm³/mol. The van der Waals surface area contributed by atoms with Gasteiger partial charge in [-0.25, -0.2) is 0 Å². The molecule has 0 radical (unpaired) electrons. The molecule has 0 aromatic carbocycles. The van der Waals surface area contributed by atoms with E-state index in [4.69, 9.17) is 81.6 Å². The summed E-state index contributed by atoms with van der Waals surface area (Å²) in [5.74, 6) is 0. The van der Waals surface area contributed by atoms with Crippen LogP contribution in [0.5, 0.6) is 0 Å². The molecule has 21 saturated heterocycles. The van der Waals surface area contributed by atoms with Gasteiger partial charge >= 0.3 is 0 Å². The third-order valence-electron chi connectivity index (χ3n) is 15.4. The fourth-order valence-corrected chi connectivity index (χ4v) is 10.4. The normalized spacial score (nSPS) is 50.5. The lowest BCUT2D eigenvalue weighted by atomic mass is 9.95. The Morgan fingerprint density at radius 3 is 0.430 bits per heavy atom. The van der Waals surface area contributed by atoms with Crippen LogP contribution in [0, 0.1) is 0 Å². The maximum atomic E-state index is 11.3. The van der Waals surface area contributed by atoms with Crippen LogP contribution in [0.2, 0.25) is 0 Å². The number of rotatable bonds is 9. The van der Waals surface area contributed by atoms with E-state index in [-0.39, 0.29) is 0 Å². The second-order valence-corrected chi connectivity index (χ2v) is 21.3. The van der Waals surface area contributed by atoms with Crippen LogP contribution in [-0.4, -0.2) is 397 Å². The summed E-state index contributed by atoms with van der Waals surface area (Å²) < 4.78 is 79.5. The Kier molecular flexibility index (Phi) is 28.5. The van der Waals surface area contributed by atoms with E-state index in [1.54, 1.807) is 6.92 Å². The van der Waals surface area contributed by atoms with Gasteiger partial charge in [-0.3, -0.25) is 0 Å². The van der Waals surface area contributed by atoms with Gasteiger partial charge in [-0.05, 0) is 12.8 Å². The van der Waals surface area contributed by atoms with Crippen molar-refractivity contribution in [3.8, 4) is 0 Å². The zero-order chi connectivity index (χ0) is 63.8. The molecule has 21 rings (SSSR count). The first kappa shape index (κ1) is 73.5. The topological polar surface area (TPSA) is 615 Å². The van der Waals surface area contributed by atoms with Crippen molar-refractivity contribution in [2.75, 3.05) is 52.9 Å². The molecule has 21 fully saturated rings. The summed E-state index contributed by atoms with van der Waals surface area (Å²) in [6.45, 7) is -3.38. The van der Waals surface area contributed by atoms with Crippen molar-refractivity contribution in [1.29, 1.82) is 0 Å². The van der Waals surface area contributed by atoms with Gasteiger partial charge in [0.15, 0.2) is 50.3 Å². The van der Waals surface area contributed by atoms with E-state index in [9.17, 15) is 107 Å². The minimum atomic E-state index is -2.21. The van der Waals surface area contributed by atoms with E-state index in [1.807, 2.05) is 6.92 Å². The lowest BCUT2D eigenvalue weighted by Crippen LogP contribution is -2.68. The van der Waals surface area contributed by atoms with Crippen LogP contribution in [0.3, 0.4) is 0 Å². The van der Waals surface area contributed by atoms with Gasteiger partial charge in [0, 0.05) is 6.61 Å². The number of aliphatic hydroxyl groups is 24. The molecule has 506 valence electrons. The monoisotopic (exact) mass is 1270 g/mol. The molecule has 21 aliphatic heterocycles. The molecule has 0 aromatic heterocycles. The fourth-order valence-electron chi connectivity index (χ4n) is 10.4. The summed E-state index contributed by atoms with van der Waals surface area (Å²) in [6, 6.07) is 0. The summed E-state index contributed by atoms with van der Waals surface area (Å²) >= 11 is 0. The Labute approximate surface area is 489 Å². The van der Waals surface area contributed by atoms with Gasteiger partial charge < -0.3 is 189 Å². The molecule has 0 aromatic rings. The zero-order valence-corrected chi connectivity index (χ0v) is 46.3. The quantitative estimate of drug-likeness (QED) is 0.0953. The van der Waals surface area contributed by atoms with Crippen LogP contribution in [0.4, 0.5) is 0 Å². The SMILES string of the molecule is CCC(O)O.CCCO.OC[C@H]1O[C@@H]2O[C@H]3[C@H](O)[C@@H](O)[C@@H](O[C@H]4[C@H](O)[C@@H](O)[C@@H](O[C@H]5[C@H](O)[C@@H](O)[C@@H](O[C@H]6[C@H](O)[C@@H](O)[C@@H](O[C@H]7[C@H](O)[C@@H](O)[C@@H](O[C@H]8[C@H](O)[C@@H](O)[C@@H](O[C@H]1[C@H](O)[C@H]2O)O[C@@H]8CO)O[C@@H]7CO)O[C@@H]6CO)O[C@@H]5CO)O[C@@H]4CO)O[C@@H]3CO. The highest BCUT2D eigenvalue weighted by atomic mass is 16.8. The molecule has 86 heavy (non-hydrogen) atoms. The van der Waals surface area contributed by atoms with Crippen molar-refractivity contribution in [3.63, 3.8) is 0 Å². The van der Waals surface area contributed by atoms with Crippen LogP contribution in [0.15, 0.2) is 0 Å². The molecule has 0 spiro atoms. The van der Waals surface area contributed by atoms with Crippen molar-refractivity contribution in [1.82, 2.24) is 0 Å². The second kappa shape index (κ2) is 33.4. The summed E-state index contributed by atoms with van der Waals surface area (Å²) in [6.07, 6.45) is -70.1. The standard InChI is InChI=1S/C42H70O35.C3H8O2.C3H8O/c43-1-8-29-15(50)22(57)36(64-8)72-30-9(2-44)66-38(24(59)17(30)52)74-32-11(4-46)68-40(26(61)19(32)54)76-34-13(6-48)70-42(28(63)21(34)56)77-35-14(7-49)69-41(27(62)20(35)55)75-33-12(5-47)67-39(25(60)18(33)53)73-31-10(3-45)65-37(71-29)23(58)16(31)51;1-2-3(4)5;1-2-3-4/h8-63H,1-7H2;3-5H,2H2,1H3;4H,2-3H2,1H3/t8-,9-,10-,11-,12-,13-,14-,15-,16-,17-,18-,19-,20-,21-,22-,23-,24-,25-,26-,27-,28-,29-,30-,31-,32-,33-,34-,35-,36-,37-,38-,39-,40-,41-,42-;;/m1../s1. The Bertz CT molecular complexity index is 1570. The molecule has 24 N–H and O–H groups in total. The van der Waals surface area contributed by atoms with Gasteiger partial charge in [-0.2, -0.15) is 0 Å². The molecule has 0 amide bonds. The largest absolute Gasteiger partial charge is 0.396 e. The average Bonchev–Trinajstić information content (AvgIpc) is 1.13. The number of ether oxygens (including phenoxy) is 14. The molecule has 14 bridgehead atoms. The highest BCUT2D eigenvalue weighted by Crippen LogP contribution is 2.39. The van der Waals surface area contributed by atoms with Crippen molar-refractivity contribution >= 4 is 0 Å². The third kappa shape index (κ3) is 16.3. The molecule has 0 unspecified atom stereocenters. The lowest BCUT2D eigenvalue weighted by Gasteiger charge is -2.50. The first-order valence-electron chi connectivity index (χ1n) is 27.8. The van der Waals surface area contributed by atoms with Crippen molar-refractivity contribution in [2.24, 2.45) is 0 Å². The van der Waals surface area contributed by atoms with Crippen molar-refractivity contribution in [2.45, 2.75) is 248 Å². The van der Waals surface area contributed by atoms with E-state index in [0.29, 0.717) is 13.0 Å². The van der Waals surface area contributed by atoms with Crippen LogP contribution < -0.4 is 0 Å². The Morgan fingerprint density at radius 2 is 0.349 bits per heavy atom. The van der Waals surface area contributed by atoms with Gasteiger partial charge in [0.25, 0.3) is 0 Å². The van der Waals surface area contributed by atoms with Gasteiger partial charge in [0.2, 0.25) is 0 Å². The highest BCUT2D eigenvalue weighted by molar-refractivity contribution is 5.01. The van der Waals surface area contributed by atoms with Crippen LogP contribution in [0.25, 0.3) is 0 Å². The molecule has 38 heteroatoms. The number of hydrogen-bond donors (Lipinski definition) is 24. The van der Waals surface area contributed by atoms with Crippen LogP contribution in [0.1, 0.15) is 26.7 Å². The predicted octanol–water partition coefficient (Wildman–Crippen LogP) is -15.1. The van der Waals surface area contributed by atoms with Gasteiger partial charge in [-0.15, -0.1) is 0 Å². The van der Waals surface area contributed by atoms with Gasteiger partial charge in [0.05, 0.1) is 46.2 Å². The van der Waals surface area contributed by atoms with Gasteiger partial charge in [0.1, 0.15) is 171 Å². The van der Waals surface area contributed by atoms with Gasteiger partial charge in [-0.1, -0.05) is 13.8 Å². The maximum absolute atomic E-state index is 11.3. The van der Waals surface area contributed by atoms with E-state index >= 15 is 0 Å². The third-order valence-corrected chi connectivity index (χ3v) is 15.4. The van der Waals surface area contributed by atoms with Crippen LogP contribution >= 0.6 is 0 Å². The maximum Gasteiger partial charge on any atom is 0.187 e. The lowest BCUT2D eigenvalue weighted by molar-refractivity contribution is -0.396. The first-order valence-corrected chi connectivity index (χ1v) is 27.8. The molecule has 21 heterocycles. The van der Waals surface area contributed by atoms with E-state index < -0.39 is 267 Å². The Hall–Kier alpha value is -1.52. The molecule has 0 aliphatic carbocycles. The number of hydrogen-bond acceptors (Lipinski definition) is 38. The summed E-state index contributed by atoms with van der Waals surface area (Å²) in [4.78, 5) is 0. The minimum Gasteiger partial charge on any atom is -0.396 e. The summed E-state index contributed by atoms with van der Waals surface area (Å²) in [5, 5.41) is 254. The minimum absolute atomic E-state index is 0.319. The Balaban J connectivity index is 0.00000122. The van der Waals surface area contributed by atoms with E-state index in [1.165, 1.54) is 0 Å². The summed E-state index contributed by atoms with van der Waals surface area (Å²) in [7, 11) is 0. The fraction of sp³-hybridized carbons (Fsp3) is 1.00.